The van der Waals surface area contributed by atoms with Crippen LogP contribution in [0.25, 0.3) is 6.08 Å². The van der Waals surface area contributed by atoms with Crippen LogP contribution >= 0.6 is 0 Å². The van der Waals surface area contributed by atoms with Crippen LogP contribution in [-0.2, 0) is 11.2 Å². The predicted molar refractivity (Wildman–Crippen MR) is 108 cm³/mol. The van der Waals surface area contributed by atoms with Gasteiger partial charge in [-0.15, -0.1) is 0 Å². The normalized spacial score (nSPS) is 11.2. The fourth-order valence-corrected chi connectivity index (χ4v) is 2.76. The summed E-state index contributed by atoms with van der Waals surface area (Å²) in [7, 11) is 0. The SMILES string of the molecule is Cc1ccccc1C(=O)N/C(=C\c1ccco1)C(=O)NCCc1ccc(F)cc1. The number of carbonyl (C=O) groups excluding carboxylic acids is 2. The number of aryl methyl sites for hydroxylation is 1. The smallest absolute Gasteiger partial charge is 0.267 e. The molecule has 0 saturated carbocycles. The minimum absolute atomic E-state index is 0.0762. The lowest BCUT2D eigenvalue weighted by atomic mass is 10.1. The van der Waals surface area contributed by atoms with E-state index in [1.165, 1.54) is 24.5 Å². The Morgan fingerprint density at radius 3 is 2.48 bits per heavy atom. The first-order valence-corrected chi connectivity index (χ1v) is 9.18. The Kier molecular flexibility index (Phi) is 6.58. The van der Waals surface area contributed by atoms with Crippen molar-refractivity contribution in [1.82, 2.24) is 10.6 Å². The maximum atomic E-state index is 13.0. The summed E-state index contributed by atoms with van der Waals surface area (Å²) in [5, 5.41) is 5.44. The largest absolute Gasteiger partial charge is 0.465 e. The highest BCUT2D eigenvalue weighted by atomic mass is 19.1. The molecule has 0 aliphatic heterocycles. The average Bonchev–Trinajstić information content (AvgIpc) is 3.22. The zero-order chi connectivity index (χ0) is 20.6. The summed E-state index contributed by atoms with van der Waals surface area (Å²) in [6.07, 6.45) is 3.49. The minimum Gasteiger partial charge on any atom is -0.465 e. The van der Waals surface area contributed by atoms with Crippen LogP contribution in [0.1, 0.15) is 27.2 Å². The topological polar surface area (TPSA) is 71.3 Å². The summed E-state index contributed by atoms with van der Waals surface area (Å²) >= 11 is 0. The van der Waals surface area contributed by atoms with Gasteiger partial charge in [-0.3, -0.25) is 9.59 Å². The van der Waals surface area contributed by atoms with Crippen LogP contribution in [0.5, 0.6) is 0 Å². The molecule has 2 aromatic carbocycles. The molecule has 2 amide bonds. The van der Waals surface area contributed by atoms with Crippen molar-refractivity contribution in [3.8, 4) is 0 Å². The quantitative estimate of drug-likeness (QED) is 0.600. The summed E-state index contributed by atoms with van der Waals surface area (Å²) in [4.78, 5) is 25.3. The van der Waals surface area contributed by atoms with E-state index in [0.29, 0.717) is 24.3 Å². The molecule has 148 valence electrons. The molecule has 0 aliphatic carbocycles. The highest BCUT2D eigenvalue weighted by molar-refractivity contribution is 6.05. The van der Waals surface area contributed by atoms with Crippen LogP contribution in [0.15, 0.2) is 77.0 Å². The van der Waals surface area contributed by atoms with Gasteiger partial charge in [0.05, 0.1) is 6.26 Å². The van der Waals surface area contributed by atoms with Crippen molar-refractivity contribution in [2.45, 2.75) is 13.3 Å². The summed E-state index contributed by atoms with van der Waals surface area (Å²) in [6.45, 7) is 2.16. The summed E-state index contributed by atoms with van der Waals surface area (Å²) in [5.41, 5.74) is 2.26. The van der Waals surface area contributed by atoms with Crippen molar-refractivity contribution in [1.29, 1.82) is 0 Å². The van der Waals surface area contributed by atoms with E-state index in [1.807, 2.05) is 19.1 Å². The molecular weight excluding hydrogens is 371 g/mol. The molecule has 0 unspecified atom stereocenters. The second-order valence-corrected chi connectivity index (χ2v) is 6.47. The molecule has 0 aliphatic rings. The number of carbonyl (C=O) groups is 2. The lowest BCUT2D eigenvalue weighted by molar-refractivity contribution is -0.117. The average molecular weight is 392 g/mol. The van der Waals surface area contributed by atoms with E-state index < -0.39 is 5.91 Å². The summed E-state index contributed by atoms with van der Waals surface area (Å²) in [5.74, 6) is -0.681. The summed E-state index contributed by atoms with van der Waals surface area (Å²) in [6, 6.07) is 16.6. The van der Waals surface area contributed by atoms with E-state index in [0.717, 1.165) is 11.1 Å². The van der Waals surface area contributed by atoms with Gasteiger partial charge in [0, 0.05) is 18.2 Å². The van der Waals surface area contributed by atoms with Crippen LogP contribution in [0, 0.1) is 12.7 Å². The van der Waals surface area contributed by atoms with Gasteiger partial charge in [-0.1, -0.05) is 30.3 Å². The molecule has 1 aromatic heterocycles. The van der Waals surface area contributed by atoms with E-state index >= 15 is 0 Å². The third-order valence-electron chi connectivity index (χ3n) is 4.32. The monoisotopic (exact) mass is 392 g/mol. The maximum absolute atomic E-state index is 13.0. The van der Waals surface area contributed by atoms with Crippen LogP contribution in [0.3, 0.4) is 0 Å². The number of amides is 2. The molecule has 5 nitrogen and oxygen atoms in total. The molecule has 3 rings (SSSR count). The van der Waals surface area contributed by atoms with Gasteiger partial charge < -0.3 is 15.1 Å². The molecule has 0 fully saturated rings. The molecule has 0 atom stereocenters. The van der Waals surface area contributed by atoms with Crippen molar-refractivity contribution in [3.05, 3.63) is 101 Å². The minimum atomic E-state index is -0.439. The number of furan rings is 1. The van der Waals surface area contributed by atoms with Crippen LogP contribution in [0.2, 0.25) is 0 Å². The first-order chi connectivity index (χ1) is 14.0. The van der Waals surface area contributed by atoms with Crippen molar-refractivity contribution in [2.24, 2.45) is 0 Å². The van der Waals surface area contributed by atoms with Gasteiger partial charge in [-0.25, -0.2) is 4.39 Å². The lowest BCUT2D eigenvalue weighted by Gasteiger charge is -2.12. The first kappa shape index (κ1) is 20.1. The number of hydrogen-bond acceptors (Lipinski definition) is 3. The Balaban J connectivity index is 1.69. The summed E-state index contributed by atoms with van der Waals surface area (Å²) < 4.78 is 18.3. The fraction of sp³-hybridized carbons (Fsp3) is 0.130. The van der Waals surface area contributed by atoms with E-state index in [2.05, 4.69) is 10.6 Å². The standard InChI is InChI=1S/C23H21FN2O3/c1-16-5-2-3-7-20(16)22(27)26-21(15-19-6-4-14-29-19)23(28)25-13-12-17-8-10-18(24)11-9-17/h2-11,14-15H,12-13H2,1H3,(H,25,28)(H,26,27)/b21-15-. The second-order valence-electron chi connectivity index (χ2n) is 6.47. The van der Waals surface area contributed by atoms with Gasteiger partial charge in [0.1, 0.15) is 17.3 Å². The number of benzene rings is 2. The lowest BCUT2D eigenvalue weighted by Crippen LogP contribution is -2.36. The second kappa shape index (κ2) is 9.50. The zero-order valence-corrected chi connectivity index (χ0v) is 15.9. The van der Waals surface area contributed by atoms with Gasteiger partial charge >= 0.3 is 0 Å². The van der Waals surface area contributed by atoms with Crippen LogP contribution < -0.4 is 10.6 Å². The Hall–Kier alpha value is -3.67. The third kappa shape index (κ3) is 5.65. The van der Waals surface area contributed by atoms with Gasteiger partial charge in [0.25, 0.3) is 11.8 Å². The molecule has 0 bridgehead atoms. The van der Waals surface area contributed by atoms with E-state index in [-0.39, 0.29) is 17.4 Å². The van der Waals surface area contributed by atoms with Gasteiger partial charge in [-0.05, 0) is 54.8 Å². The van der Waals surface area contributed by atoms with Crippen LogP contribution in [0.4, 0.5) is 4.39 Å². The predicted octanol–water partition coefficient (Wildman–Crippen LogP) is 3.86. The molecular formula is C23H21FN2O3. The number of halogens is 1. The molecule has 0 saturated heterocycles. The molecule has 6 heteroatoms. The highest BCUT2D eigenvalue weighted by Crippen LogP contribution is 2.10. The zero-order valence-electron chi connectivity index (χ0n) is 15.9. The molecule has 2 N–H and O–H groups in total. The van der Waals surface area contributed by atoms with Gasteiger partial charge in [0.2, 0.25) is 0 Å². The fourth-order valence-electron chi connectivity index (χ4n) is 2.76. The highest BCUT2D eigenvalue weighted by Gasteiger charge is 2.16. The van der Waals surface area contributed by atoms with E-state index in [1.54, 1.807) is 36.4 Å². The molecule has 3 aromatic rings. The van der Waals surface area contributed by atoms with Crippen LogP contribution in [-0.4, -0.2) is 18.4 Å². The Labute approximate surface area is 168 Å². The van der Waals surface area contributed by atoms with E-state index in [9.17, 15) is 14.0 Å². The van der Waals surface area contributed by atoms with Crippen molar-refractivity contribution >= 4 is 17.9 Å². The first-order valence-electron chi connectivity index (χ1n) is 9.18. The molecule has 0 radical (unpaired) electrons. The molecule has 0 spiro atoms. The Bertz CT molecular complexity index is 1010. The van der Waals surface area contributed by atoms with E-state index in [4.69, 9.17) is 4.42 Å². The van der Waals surface area contributed by atoms with Crippen molar-refractivity contribution < 1.29 is 18.4 Å². The number of nitrogens with one attached hydrogen (secondary N) is 2. The molecule has 1 heterocycles. The van der Waals surface area contributed by atoms with Gasteiger partial charge in [0.15, 0.2) is 0 Å². The maximum Gasteiger partial charge on any atom is 0.267 e. The molecule has 29 heavy (non-hydrogen) atoms. The van der Waals surface area contributed by atoms with Crippen molar-refractivity contribution in [3.63, 3.8) is 0 Å². The third-order valence-corrected chi connectivity index (χ3v) is 4.32. The number of rotatable bonds is 7. The Morgan fingerprint density at radius 1 is 1.03 bits per heavy atom. The van der Waals surface area contributed by atoms with Crippen molar-refractivity contribution in [2.75, 3.05) is 6.54 Å². The number of hydrogen-bond donors (Lipinski definition) is 2. The van der Waals surface area contributed by atoms with Gasteiger partial charge in [-0.2, -0.15) is 0 Å². The Morgan fingerprint density at radius 2 is 1.79 bits per heavy atom.